The molecular weight excluding hydrogens is 116 g/mol. The molecule has 8 heavy (non-hydrogen) atoms. The van der Waals surface area contributed by atoms with E-state index in [0.29, 0.717) is 0 Å². The minimum atomic E-state index is -1.36. The van der Waals surface area contributed by atoms with Crippen LogP contribution >= 0.6 is 0 Å². The topological polar surface area (TPSA) is 9.23 Å². The van der Waals surface area contributed by atoms with Crippen molar-refractivity contribution < 1.29 is 4.43 Å². The van der Waals surface area contributed by atoms with Gasteiger partial charge in [0, 0.05) is 0 Å². The molecule has 0 atom stereocenters. The summed E-state index contributed by atoms with van der Waals surface area (Å²) >= 11 is 0. The Morgan fingerprint density at radius 2 is 2.00 bits per heavy atom. The Hall–Kier alpha value is -0.503. The second-order valence-electron chi connectivity index (χ2n) is 2.41. The van der Waals surface area contributed by atoms with E-state index < -0.39 is 8.32 Å². The van der Waals surface area contributed by atoms with Gasteiger partial charge in [0.25, 0.3) is 8.32 Å². The standard InChI is InChI=1S/C6H10OSi/c1-8(2)6-4-3-5-7-8/h3-6H,1-2H3. The van der Waals surface area contributed by atoms with Crippen LogP contribution in [0.2, 0.25) is 13.1 Å². The van der Waals surface area contributed by atoms with Gasteiger partial charge in [-0.3, -0.25) is 0 Å². The molecule has 0 aromatic rings. The van der Waals surface area contributed by atoms with Crippen molar-refractivity contribution in [3.8, 4) is 0 Å². The van der Waals surface area contributed by atoms with E-state index >= 15 is 0 Å². The molecule has 1 aliphatic heterocycles. The quantitative estimate of drug-likeness (QED) is 0.450. The van der Waals surface area contributed by atoms with Crippen LogP contribution in [-0.2, 0) is 4.43 Å². The highest BCUT2D eigenvalue weighted by molar-refractivity contribution is 6.76. The van der Waals surface area contributed by atoms with Crippen molar-refractivity contribution in [2.75, 3.05) is 0 Å². The number of allylic oxidation sites excluding steroid dienone is 2. The third-order valence-electron chi connectivity index (χ3n) is 1.06. The first-order valence-electron chi connectivity index (χ1n) is 2.73. The Morgan fingerprint density at radius 3 is 2.25 bits per heavy atom. The molecule has 0 spiro atoms. The maximum Gasteiger partial charge on any atom is 0.268 e. The fourth-order valence-electron chi connectivity index (χ4n) is 0.587. The SMILES string of the molecule is C[Si]1(C)C=CC=CO1. The monoisotopic (exact) mass is 126 g/mol. The Morgan fingerprint density at radius 1 is 1.25 bits per heavy atom. The van der Waals surface area contributed by atoms with E-state index in [4.69, 9.17) is 4.43 Å². The van der Waals surface area contributed by atoms with Gasteiger partial charge < -0.3 is 4.43 Å². The number of rotatable bonds is 0. The summed E-state index contributed by atoms with van der Waals surface area (Å²) in [5.74, 6) is 0. The fraction of sp³-hybridized carbons (Fsp3) is 0.333. The molecule has 44 valence electrons. The molecule has 0 aromatic carbocycles. The summed E-state index contributed by atoms with van der Waals surface area (Å²) < 4.78 is 5.34. The zero-order valence-corrected chi connectivity index (χ0v) is 6.22. The van der Waals surface area contributed by atoms with Crippen molar-refractivity contribution in [3.63, 3.8) is 0 Å². The van der Waals surface area contributed by atoms with E-state index in [1.807, 2.05) is 6.08 Å². The van der Waals surface area contributed by atoms with Crippen molar-refractivity contribution in [2.24, 2.45) is 0 Å². The lowest BCUT2D eigenvalue weighted by Crippen LogP contribution is -2.26. The van der Waals surface area contributed by atoms with Crippen LogP contribution in [0.25, 0.3) is 0 Å². The molecule has 0 saturated heterocycles. The highest BCUT2D eigenvalue weighted by atomic mass is 28.4. The third-order valence-corrected chi connectivity index (χ3v) is 2.80. The van der Waals surface area contributed by atoms with Crippen LogP contribution in [-0.4, -0.2) is 8.32 Å². The van der Waals surface area contributed by atoms with E-state index in [1.54, 1.807) is 6.26 Å². The predicted molar refractivity (Wildman–Crippen MR) is 36.8 cm³/mol. The Kier molecular flexibility index (Phi) is 1.25. The molecular formula is C6H10OSi. The summed E-state index contributed by atoms with van der Waals surface area (Å²) in [5.41, 5.74) is 2.16. The van der Waals surface area contributed by atoms with Gasteiger partial charge >= 0.3 is 0 Å². The zero-order valence-electron chi connectivity index (χ0n) is 5.22. The van der Waals surface area contributed by atoms with Gasteiger partial charge in [0.15, 0.2) is 0 Å². The van der Waals surface area contributed by atoms with Crippen molar-refractivity contribution in [3.05, 3.63) is 24.1 Å². The molecule has 0 bridgehead atoms. The van der Waals surface area contributed by atoms with Crippen molar-refractivity contribution >= 4 is 8.32 Å². The molecule has 1 aliphatic rings. The highest BCUT2D eigenvalue weighted by Gasteiger charge is 2.18. The summed E-state index contributed by atoms with van der Waals surface area (Å²) in [5, 5.41) is 0. The van der Waals surface area contributed by atoms with E-state index in [9.17, 15) is 0 Å². The van der Waals surface area contributed by atoms with Gasteiger partial charge in [-0.15, -0.1) is 0 Å². The smallest absolute Gasteiger partial charge is 0.268 e. The molecule has 0 N–H and O–H groups in total. The second kappa shape index (κ2) is 1.78. The molecule has 0 aliphatic carbocycles. The molecule has 1 nitrogen and oxygen atoms in total. The first-order valence-corrected chi connectivity index (χ1v) is 5.71. The molecule has 0 saturated carbocycles. The molecule has 0 amide bonds. The molecule has 0 fully saturated rings. The Bertz CT molecular complexity index is 135. The summed E-state index contributed by atoms with van der Waals surface area (Å²) in [6.45, 7) is 4.32. The molecule has 2 heteroatoms. The fourth-order valence-corrected chi connectivity index (χ4v) is 1.67. The van der Waals surface area contributed by atoms with Crippen LogP contribution in [0.15, 0.2) is 24.1 Å². The molecule has 0 unspecified atom stereocenters. The molecule has 1 rings (SSSR count). The van der Waals surface area contributed by atoms with Gasteiger partial charge in [0.2, 0.25) is 0 Å². The zero-order chi connectivity index (χ0) is 6.04. The van der Waals surface area contributed by atoms with Gasteiger partial charge in [0.05, 0.1) is 6.26 Å². The van der Waals surface area contributed by atoms with Crippen LogP contribution in [0.4, 0.5) is 0 Å². The minimum Gasteiger partial charge on any atom is -0.546 e. The van der Waals surface area contributed by atoms with Crippen molar-refractivity contribution in [1.29, 1.82) is 0 Å². The van der Waals surface area contributed by atoms with Crippen LogP contribution in [0.3, 0.4) is 0 Å². The molecule has 0 aromatic heterocycles. The summed E-state index contributed by atoms with van der Waals surface area (Å²) in [7, 11) is -1.36. The maximum atomic E-state index is 5.34. The third kappa shape index (κ3) is 1.23. The van der Waals surface area contributed by atoms with Crippen LogP contribution in [0, 0.1) is 0 Å². The lowest BCUT2D eigenvalue weighted by atomic mass is 10.6. The van der Waals surface area contributed by atoms with Crippen LogP contribution in [0.1, 0.15) is 0 Å². The average Bonchev–Trinajstić information content (AvgIpc) is 1.65. The first-order chi connectivity index (χ1) is 3.71. The first kappa shape index (κ1) is 5.63. The highest BCUT2D eigenvalue weighted by Crippen LogP contribution is 2.09. The van der Waals surface area contributed by atoms with E-state index in [2.05, 4.69) is 24.9 Å². The second-order valence-corrected chi connectivity index (χ2v) is 6.18. The van der Waals surface area contributed by atoms with Crippen LogP contribution in [0.5, 0.6) is 0 Å². The van der Waals surface area contributed by atoms with Crippen LogP contribution < -0.4 is 0 Å². The summed E-state index contributed by atoms with van der Waals surface area (Å²) in [6.07, 6.45) is 5.74. The Balaban J connectivity index is 2.65. The summed E-state index contributed by atoms with van der Waals surface area (Å²) in [6, 6.07) is 0. The van der Waals surface area contributed by atoms with Crippen molar-refractivity contribution in [1.82, 2.24) is 0 Å². The van der Waals surface area contributed by atoms with Gasteiger partial charge in [-0.25, -0.2) is 0 Å². The lowest BCUT2D eigenvalue weighted by molar-refractivity contribution is 0.482. The number of hydrogen-bond acceptors (Lipinski definition) is 1. The van der Waals surface area contributed by atoms with E-state index in [-0.39, 0.29) is 0 Å². The molecule has 1 heterocycles. The number of hydrogen-bond donors (Lipinski definition) is 0. The predicted octanol–water partition coefficient (Wildman–Crippen LogP) is 1.83. The summed E-state index contributed by atoms with van der Waals surface area (Å²) in [4.78, 5) is 0. The van der Waals surface area contributed by atoms with Gasteiger partial charge in [-0.1, -0.05) is 11.8 Å². The minimum absolute atomic E-state index is 1.36. The molecule has 0 radical (unpaired) electrons. The normalized spacial score (nSPS) is 22.8. The van der Waals surface area contributed by atoms with Gasteiger partial charge in [0.1, 0.15) is 0 Å². The average molecular weight is 126 g/mol. The Labute approximate surface area is 50.8 Å². The lowest BCUT2D eigenvalue weighted by Gasteiger charge is -2.18. The van der Waals surface area contributed by atoms with Gasteiger partial charge in [-0.05, 0) is 19.2 Å². The van der Waals surface area contributed by atoms with Crippen molar-refractivity contribution in [2.45, 2.75) is 13.1 Å². The van der Waals surface area contributed by atoms with E-state index in [1.165, 1.54) is 0 Å². The van der Waals surface area contributed by atoms with E-state index in [0.717, 1.165) is 0 Å². The largest absolute Gasteiger partial charge is 0.546 e. The maximum absolute atomic E-state index is 5.34. The van der Waals surface area contributed by atoms with Gasteiger partial charge in [-0.2, -0.15) is 0 Å².